The molecule has 1 saturated heterocycles. The minimum atomic E-state index is 0.536. The van der Waals surface area contributed by atoms with Crippen molar-refractivity contribution >= 4 is 0 Å². The van der Waals surface area contributed by atoms with Gasteiger partial charge in [-0.1, -0.05) is 19.3 Å². The van der Waals surface area contributed by atoms with E-state index in [2.05, 4.69) is 15.5 Å². The van der Waals surface area contributed by atoms with Gasteiger partial charge in [0.15, 0.2) is 5.82 Å². The minimum Gasteiger partial charge on any atom is -0.316 e. The molecule has 16 heavy (non-hydrogen) atoms. The minimum absolute atomic E-state index is 0.536. The van der Waals surface area contributed by atoms with Gasteiger partial charge < -0.3 is 5.32 Å². The van der Waals surface area contributed by atoms with E-state index in [0.717, 1.165) is 24.7 Å². The van der Waals surface area contributed by atoms with Crippen LogP contribution in [0.15, 0.2) is 0 Å². The van der Waals surface area contributed by atoms with Crippen LogP contribution >= 0.6 is 0 Å². The van der Waals surface area contributed by atoms with Crippen molar-refractivity contribution in [2.45, 2.75) is 50.4 Å². The third-order valence-corrected chi connectivity index (χ3v) is 3.94. The molecule has 0 amide bonds. The van der Waals surface area contributed by atoms with Gasteiger partial charge in [0.05, 0.1) is 0 Å². The lowest BCUT2D eigenvalue weighted by molar-refractivity contribution is 0.429. The molecule has 0 bridgehead atoms. The summed E-state index contributed by atoms with van der Waals surface area (Å²) in [5.41, 5.74) is 0. The second kappa shape index (κ2) is 4.53. The largest absolute Gasteiger partial charge is 0.316 e. The van der Waals surface area contributed by atoms with Gasteiger partial charge in [0.25, 0.3) is 0 Å². The molecule has 1 aromatic rings. The van der Waals surface area contributed by atoms with Crippen LogP contribution in [0.5, 0.6) is 0 Å². The molecule has 2 fully saturated rings. The van der Waals surface area contributed by atoms with Gasteiger partial charge >= 0.3 is 0 Å². The zero-order valence-electron chi connectivity index (χ0n) is 9.71. The van der Waals surface area contributed by atoms with Crippen LogP contribution < -0.4 is 5.32 Å². The molecule has 0 aromatic carbocycles. The SMILES string of the molecule is C1CCC(c2nc(C3CCNC3)n[nH]2)CC1. The fraction of sp³-hybridized carbons (Fsp3) is 0.833. The number of aromatic nitrogens is 3. The Morgan fingerprint density at radius 2 is 1.88 bits per heavy atom. The number of H-pyrrole nitrogens is 1. The van der Waals surface area contributed by atoms with Crippen molar-refractivity contribution in [2.75, 3.05) is 13.1 Å². The van der Waals surface area contributed by atoms with Gasteiger partial charge in [0, 0.05) is 18.4 Å². The van der Waals surface area contributed by atoms with Crippen LogP contribution in [0, 0.1) is 0 Å². The summed E-state index contributed by atoms with van der Waals surface area (Å²) in [6, 6.07) is 0. The number of nitrogens with one attached hydrogen (secondary N) is 2. The predicted molar refractivity (Wildman–Crippen MR) is 62.4 cm³/mol. The Hall–Kier alpha value is -0.900. The lowest BCUT2D eigenvalue weighted by atomic mass is 9.89. The summed E-state index contributed by atoms with van der Waals surface area (Å²) >= 11 is 0. The average molecular weight is 220 g/mol. The highest BCUT2D eigenvalue weighted by atomic mass is 15.2. The van der Waals surface area contributed by atoms with E-state index in [1.807, 2.05) is 0 Å². The Labute approximate surface area is 96.2 Å². The molecule has 1 aromatic heterocycles. The molecule has 2 aliphatic rings. The smallest absolute Gasteiger partial charge is 0.155 e. The van der Waals surface area contributed by atoms with Crippen LogP contribution in [0.25, 0.3) is 0 Å². The van der Waals surface area contributed by atoms with E-state index in [4.69, 9.17) is 4.98 Å². The summed E-state index contributed by atoms with van der Waals surface area (Å²) in [7, 11) is 0. The van der Waals surface area contributed by atoms with Crippen LogP contribution in [0.4, 0.5) is 0 Å². The predicted octanol–water partition coefficient (Wildman–Crippen LogP) is 1.93. The van der Waals surface area contributed by atoms with Gasteiger partial charge in [-0.05, 0) is 25.8 Å². The van der Waals surface area contributed by atoms with E-state index in [-0.39, 0.29) is 0 Å². The standard InChI is InChI=1S/C12H20N4/c1-2-4-9(5-3-1)11-14-12(16-15-11)10-6-7-13-8-10/h9-10,13H,1-8H2,(H,14,15,16). The van der Waals surface area contributed by atoms with E-state index in [1.54, 1.807) is 0 Å². The Morgan fingerprint density at radius 3 is 2.62 bits per heavy atom. The Balaban J connectivity index is 1.71. The van der Waals surface area contributed by atoms with Crippen LogP contribution in [0.3, 0.4) is 0 Å². The van der Waals surface area contributed by atoms with Crippen molar-refractivity contribution in [2.24, 2.45) is 0 Å². The van der Waals surface area contributed by atoms with E-state index >= 15 is 0 Å². The first-order valence-electron chi connectivity index (χ1n) is 6.56. The number of aromatic amines is 1. The fourth-order valence-electron chi connectivity index (χ4n) is 2.90. The summed E-state index contributed by atoms with van der Waals surface area (Å²) in [6.07, 6.45) is 7.86. The lowest BCUT2D eigenvalue weighted by Crippen LogP contribution is -2.09. The zero-order valence-corrected chi connectivity index (χ0v) is 9.71. The van der Waals surface area contributed by atoms with Gasteiger partial charge in [-0.25, -0.2) is 4.98 Å². The summed E-state index contributed by atoms with van der Waals surface area (Å²) in [4.78, 5) is 4.71. The van der Waals surface area contributed by atoms with Crippen molar-refractivity contribution in [3.8, 4) is 0 Å². The Bertz CT molecular complexity index is 335. The van der Waals surface area contributed by atoms with Crippen molar-refractivity contribution in [1.82, 2.24) is 20.5 Å². The first-order valence-corrected chi connectivity index (χ1v) is 6.56. The third kappa shape index (κ3) is 1.98. The maximum Gasteiger partial charge on any atom is 0.155 e. The van der Waals surface area contributed by atoms with Crippen molar-refractivity contribution < 1.29 is 0 Å². The van der Waals surface area contributed by atoms with E-state index in [9.17, 15) is 0 Å². The second-order valence-corrected chi connectivity index (χ2v) is 5.10. The summed E-state index contributed by atoms with van der Waals surface area (Å²) in [5, 5.41) is 10.9. The second-order valence-electron chi connectivity index (χ2n) is 5.10. The van der Waals surface area contributed by atoms with E-state index < -0.39 is 0 Å². The molecule has 0 radical (unpaired) electrons. The number of nitrogens with zero attached hydrogens (tertiary/aromatic N) is 2. The van der Waals surface area contributed by atoms with E-state index in [1.165, 1.54) is 38.5 Å². The molecule has 2 heterocycles. The number of hydrogen-bond acceptors (Lipinski definition) is 3. The molecule has 1 unspecified atom stereocenters. The van der Waals surface area contributed by atoms with Crippen LogP contribution in [-0.2, 0) is 0 Å². The molecule has 1 atom stereocenters. The van der Waals surface area contributed by atoms with Crippen molar-refractivity contribution in [1.29, 1.82) is 0 Å². The summed E-state index contributed by atoms with van der Waals surface area (Å²) < 4.78 is 0. The topological polar surface area (TPSA) is 53.6 Å². The quantitative estimate of drug-likeness (QED) is 0.800. The van der Waals surface area contributed by atoms with Gasteiger partial charge in [0.1, 0.15) is 5.82 Å². The zero-order chi connectivity index (χ0) is 10.8. The molecule has 1 aliphatic carbocycles. The molecule has 0 spiro atoms. The molecular weight excluding hydrogens is 200 g/mol. The average Bonchev–Trinajstić information content (AvgIpc) is 3.01. The third-order valence-electron chi connectivity index (χ3n) is 3.94. The van der Waals surface area contributed by atoms with Gasteiger partial charge in [-0.3, -0.25) is 5.10 Å². The molecular formula is C12H20N4. The first-order chi connectivity index (χ1) is 7.93. The van der Waals surface area contributed by atoms with Crippen LogP contribution in [0.2, 0.25) is 0 Å². The highest BCUT2D eigenvalue weighted by Crippen LogP contribution is 2.31. The Morgan fingerprint density at radius 1 is 1.00 bits per heavy atom. The highest BCUT2D eigenvalue weighted by molar-refractivity contribution is 5.05. The van der Waals surface area contributed by atoms with Gasteiger partial charge in [0.2, 0.25) is 0 Å². The number of rotatable bonds is 2. The normalized spacial score (nSPS) is 27.4. The molecule has 4 nitrogen and oxygen atoms in total. The maximum absolute atomic E-state index is 4.71. The van der Waals surface area contributed by atoms with Crippen LogP contribution in [0.1, 0.15) is 62.0 Å². The summed E-state index contributed by atoms with van der Waals surface area (Å²) in [6.45, 7) is 2.15. The molecule has 2 N–H and O–H groups in total. The fourth-order valence-corrected chi connectivity index (χ4v) is 2.90. The Kier molecular flexibility index (Phi) is 2.91. The van der Waals surface area contributed by atoms with Gasteiger partial charge in [-0.15, -0.1) is 0 Å². The first kappa shape index (κ1) is 10.3. The van der Waals surface area contributed by atoms with Crippen LogP contribution in [-0.4, -0.2) is 28.3 Å². The highest BCUT2D eigenvalue weighted by Gasteiger charge is 2.24. The molecule has 88 valence electrons. The molecule has 1 saturated carbocycles. The molecule has 4 heteroatoms. The lowest BCUT2D eigenvalue weighted by Gasteiger charge is -2.18. The molecule has 3 rings (SSSR count). The van der Waals surface area contributed by atoms with Crippen molar-refractivity contribution in [3.05, 3.63) is 11.6 Å². The molecule has 1 aliphatic heterocycles. The number of hydrogen-bond donors (Lipinski definition) is 2. The monoisotopic (exact) mass is 220 g/mol. The maximum atomic E-state index is 4.71. The van der Waals surface area contributed by atoms with Gasteiger partial charge in [-0.2, -0.15) is 5.10 Å². The summed E-state index contributed by atoms with van der Waals surface area (Å²) in [5.74, 6) is 3.35. The van der Waals surface area contributed by atoms with E-state index in [0.29, 0.717) is 11.8 Å². The van der Waals surface area contributed by atoms with Crippen molar-refractivity contribution in [3.63, 3.8) is 0 Å².